The minimum Gasteiger partial charge on any atom is -0.330 e. The van der Waals surface area contributed by atoms with Crippen molar-refractivity contribution in [1.29, 1.82) is 0 Å². The zero-order valence-electron chi connectivity index (χ0n) is 10.7. The molecule has 0 amide bonds. The number of aromatic nitrogens is 1. The van der Waals surface area contributed by atoms with Gasteiger partial charge in [-0.25, -0.2) is 4.98 Å². The highest BCUT2D eigenvalue weighted by molar-refractivity contribution is 9.10. The minimum atomic E-state index is 0.648. The Kier molecular flexibility index (Phi) is 4.31. The lowest BCUT2D eigenvalue weighted by Gasteiger charge is -2.00. The van der Waals surface area contributed by atoms with E-state index in [0.717, 1.165) is 27.2 Å². The summed E-state index contributed by atoms with van der Waals surface area (Å²) in [5.74, 6) is 0. The van der Waals surface area contributed by atoms with Gasteiger partial charge in [-0.05, 0) is 35.0 Å². The molecule has 0 bridgehead atoms. The molecule has 2 nitrogen and oxygen atoms in total. The summed E-state index contributed by atoms with van der Waals surface area (Å²) in [5.41, 5.74) is 7.96. The van der Waals surface area contributed by atoms with E-state index in [0.29, 0.717) is 6.54 Å². The van der Waals surface area contributed by atoms with Crippen LogP contribution in [0.15, 0.2) is 46.3 Å². The van der Waals surface area contributed by atoms with Gasteiger partial charge in [-0.2, -0.15) is 0 Å². The molecule has 0 aliphatic rings. The average molecular weight is 365 g/mol. The van der Waals surface area contributed by atoms with E-state index < -0.39 is 0 Å². The van der Waals surface area contributed by atoms with Gasteiger partial charge >= 0.3 is 0 Å². The van der Waals surface area contributed by atoms with E-state index in [1.807, 2.05) is 18.2 Å². The van der Waals surface area contributed by atoms with Crippen molar-refractivity contribution in [2.24, 2.45) is 5.73 Å². The van der Waals surface area contributed by atoms with Gasteiger partial charge in [-0.1, -0.05) is 30.3 Å². The molecule has 3 aromatic rings. The molecule has 0 fully saturated rings. The molecule has 0 spiro atoms. The van der Waals surface area contributed by atoms with Crippen LogP contribution in [0.25, 0.3) is 21.1 Å². The summed E-state index contributed by atoms with van der Waals surface area (Å²) in [4.78, 5) is 7.29. The molecule has 5 heteroatoms. The molecule has 2 N–H and O–H groups in total. The van der Waals surface area contributed by atoms with E-state index in [4.69, 9.17) is 10.7 Å². The fourth-order valence-electron chi connectivity index (χ4n) is 2.00. The number of thiazole rings is 1. The van der Waals surface area contributed by atoms with Crippen LogP contribution in [0.1, 0.15) is 4.88 Å². The fourth-order valence-corrected chi connectivity index (χ4v) is 4.59. The highest BCUT2D eigenvalue weighted by Gasteiger charge is 2.14. The van der Waals surface area contributed by atoms with Crippen molar-refractivity contribution in [2.75, 3.05) is 6.54 Å². The molecule has 0 saturated carbocycles. The first kappa shape index (κ1) is 13.9. The molecule has 0 aliphatic heterocycles. The third-order valence-electron chi connectivity index (χ3n) is 2.89. The van der Waals surface area contributed by atoms with Gasteiger partial charge in [0.25, 0.3) is 0 Å². The van der Waals surface area contributed by atoms with Gasteiger partial charge in [0, 0.05) is 20.3 Å². The molecular formula is C15H13BrN2S2. The lowest BCUT2D eigenvalue weighted by Crippen LogP contribution is -2.02. The molecule has 2 aromatic heterocycles. The van der Waals surface area contributed by atoms with Crippen LogP contribution in [0.4, 0.5) is 0 Å². The number of benzene rings is 1. The Labute approximate surface area is 134 Å². The second kappa shape index (κ2) is 6.18. The number of nitrogens with zero attached hydrogens (tertiary/aromatic N) is 1. The maximum absolute atomic E-state index is 5.73. The predicted octanol–water partition coefficient (Wildman–Crippen LogP) is 4.80. The third kappa shape index (κ3) is 2.86. The predicted molar refractivity (Wildman–Crippen MR) is 91.3 cm³/mol. The quantitative estimate of drug-likeness (QED) is 0.721. The Hall–Kier alpha value is -1.01. The van der Waals surface area contributed by atoms with Crippen LogP contribution in [-0.4, -0.2) is 11.5 Å². The van der Waals surface area contributed by atoms with Crippen LogP contribution in [-0.2, 0) is 6.42 Å². The minimum absolute atomic E-state index is 0.648. The van der Waals surface area contributed by atoms with Crippen molar-refractivity contribution in [3.63, 3.8) is 0 Å². The van der Waals surface area contributed by atoms with Crippen LogP contribution in [0.3, 0.4) is 0 Å². The summed E-state index contributed by atoms with van der Waals surface area (Å²) in [7, 11) is 0. The Morgan fingerprint density at radius 2 is 2.00 bits per heavy atom. The molecule has 1 aromatic carbocycles. The van der Waals surface area contributed by atoms with Gasteiger partial charge in [0.1, 0.15) is 5.01 Å². The highest BCUT2D eigenvalue weighted by Crippen LogP contribution is 2.37. The first-order valence-corrected chi connectivity index (χ1v) is 8.76. The molecule has 2 heterocycles. The zero-order valence-corrected chi connectivity index (χ0v) is 13.9. The van der Waals surface area contributed by atoms with Gasteiger partial charge in [0.15, 0.2) is 0 Å². The maximum Gasteiger partial charge on any atom is 0.134 e. The number of thiophene rings is 1. The summed E-state index contributed by atoms with van der Waals surface area (Å²) in [5, 5.41) is 3.16. The second-order valence-electron chi connectivity index (χ2n) is 4.32. The molecule has 0 aliphatic carbocycles. The molecule has 0 saturated heterocycles. The van der Waals surface area contributed by atoms with E-state index in [1.54, 1.807) is 22.7 Å². The molecule has 0 atom stereocenters. The van der Waals surface area contributed by atoms with E-state index in [1.165, 1.54) is 9.75 Å². The van der Waals surface area contributed by atoms with Gasteiger partial charge < -0.3 is 5.73 Å². The number of rotatable bonds is 4. The number of nitrogens with two attached hydrogens (primary N) is 1. The molecule has 20 heavy (non-hydrogen) atoms. The van der Waals surface area contributed by atoms with Crippen molar-refractivity contribution >= 4 is 38.6 Å². The van der Waals surface area contributed by atoms with Gasteiger partial charge in [-0.15, -0.1) is 22.7 Å². The molecular weight excluding hydrogens is 352 g/mol. The third-order valence-corrected chi connectivity index (χ3v) is 5.87. The van der Waals surface area contributed by atoms with Crippen LogP contribution in [0.5, 0.6) is 0 Å². The van der Waals surface area contributed by atoms with Gasteiger partial charge in [0.2, 0.25) is 0 Å². The van der Waals surface area contributed by atoms with E-state index >= 15 is 0 Å². The van der Waals surface area contributed by atoms with Crippen LogP contribution < -0.4 is 5.73 Å². The average Bonchev–Trinajstić information content (AvgIpc) is 3.07. The van der Waals surface area contributed by atoms with Crippen molar-refractivity contribution in [3.8, 4) is 21.1 Å². The lowest BCUT2D eigenvalue weighted by atomic mass is 10.1. The summed E-state index contributed by atoms with van der Waals surface area (Å²) < 4.78 is 1.11. The number of hydrogen-bond donors (Lipinski definition) is 1. The Balaban J connectivity index is 2.07. The van der Waals surface area contributed by atoms with Crippen molar-refractivity contribution < 1.29 is 0 Å². The topological polar surface area (TPSA) is 38.9 Å². The maximum atomic E-state index is 5.73. The number of halogens is 1. The standard InChI is InChI=1S/C15H13BrN2S2/c16-11-8-13(19-9-11)15-18-14(12(20-15)6-7-17)10-4-2-1-3-5-10/h1-5,8-9H,6-7,17H2. The molecule has 102 valence electrons. The SMILES string of the molecule is NCCc1sc(-c2cc(Br)cs2)nc1-c1ccccc1. The first-order chi connectivity index (χ1) is 9.78. The summed E-state index contributed by atoms with van der Waals surface area (Å²) in [6.07, 6.45) is 0.869. The lowest BCUT2D eigenvalue weighted by molar-refractivity contribution is 0.986. The highest BCUT2D eigenvalue weighted by atomic mass is 79.9. The summed E-state index contributed by atoms with van der Waals surface area (Å²) in [6.45, 7) is 0.648. The van der Waals surface area contributed by atoms with Crippen molar-refractivity contribution in [3.05, 3.63) is 51.1 Å². The monoisotopic (exact) mass is 364 g/mol. The largest absolute Gasteiger partial charge is 0.330 e. The normalized spacial score (nSPS) is 10.9. The fraction of sp³-hybridized carbons (Fsp3) is 0.133. The van der Waals surface area contributed by atoms with Crippen LogP contribution in [0, 0.1) is 0 Å². The van der Waals surface area contributed by atoms with Crippen molar-refractivity contribution in [2.45, 2.75) is 6.42 Å². The van der Waals surface area contributed by atoms with Gasteiger partial charge in [-0.3, -0.25) is 0 Å². The smallest absolute Gasteiger partial charge is 0.134 e. The molecule has 3 rings (SSSR count). The first-order valence-electron chi connectivity index (χ1n) is 6.27. The van der Waals surface area contributed by atoms with Crippen LogP contribution >= 0.6 is 38.6 Å². The second-order valence-corrected chi connectivity index (χ2v) is 7.24. The molecule has 0 radical (unpaired) electrons. The van der Waals surface area contributed by atoms with Crippen LogP contribution in [0.2, 0.25) is 0 Å². The Bertz CT molecular complexity index is 704. The van der Waals surface area contributed by atoms with Crippen molar-refractivity contribution in [1.82, 2.24) is 4.98 Å². The van der Waals surface area contributed by atoms with E-state index in [9.17, 15) is 0 Å². The molecule has 0 unspecified atom stereocenters. The summed E-state index contributed by atoms with van der Waals surface area (Å²) >= 11 is 6.95. The Morgan fingerprint density at radius 3 is 2.65 bits per heavy atom. The van der Waals surface area contributed by atoms with Gasteiger partial charge in [0.05, 0.1) is 10.6 Å². The zero-order chi connectivity index (χ0) is 13.9. The number of hydrogen-bond acceptors (Lipinski definition) is 4. The summed E-state index contributed by atoms with van der Waals surface area (Å²) in [6, 6.07) is 12.4. The van der Waals surface area contributed by atoms with E-state index in [-0.39, 0.29) is 0 Å². The Morgan fingerprint density at radius 1 is 1.20 bits per heavy atom. The van der Waals surface area contributed by atoms with E-state index in [2.05, 4.69) is 39.5 Å².